The van der Waals surface area contributed by atoms with E-state index in [1.165, 1.54) is 0 Å². The molecule has 0 atom stereocenters. The van der Waals surface area contributed by atoms with Gasteiger partial charge in [-0.15, -0.1) is 0 Å². The van der Waals surface area contributed by atoms with Crippen LogP contribution in [0.2, 0.25) is 0 Å². The predicted molar refractivity (Wildman–Crippen MR) is 29.2 cm³/mol. The Labute approximate surface area is 40.6 Å². The molecule has 0 fully saturated rings. The zero-order valence-electron chi connectivity index (χ0n) is 4.11. The Morgan fingerprint density at radius 1 is 1.83 bits per heavy atom. The third kappa shape index (κ3) is 4.14. The van der Waals surface area contributed by atoms with E-state index in [4.69, 9.17) is 10.2 Å². The minimum absolute atomic E-state index is 0.301. The van der Waals surface area contributed by atoms with Crippen molar-refractivity contribution in [3.8, 4) is 0 Å². The van der Waals surface area contributed by atoms with Gasteiger partial charge in [-0.2, -0.15) is 0 Å². The van der Waals surface area contributed by atoms with E-state index in [0.717, 1.165) is 12.8 Å². The number of hydrogen-bond acceptors (Lipinski definition) is 2. The molecule has 0 aliphatic rings. The molecular formula is C3H11NOSi. The van der Waals surface area contributed by atoms with Crippen molar-refractivity contribution in [2.24, 2.45) is 5.73 Å². The SMILES string of the molecule is CCO[SiH2]CN. The van der Waals surface area contributed by atoms with Crippen molar-refractivity contribution >= 4 is 9.76 Å². The van der Waals surface area contributed by atoms with Gasteiger partial charge in [0.1, 0.15) is 0 Å². The smallest absolute Gasteiger partial charge is 0.174 e. The quantitative estimate of drug-likeness (QED) is 0.370. The molecule has 0 aromatic carbocycles. The Kier molecular flexibility index (Phi) is 5.25. The van der Waals surface area contributed by atoms with Crippen LogP contribution in [-0.4, -0.2) is 22.5 Å². The van der Waals surface area contributed by atoms with Gasteiger partial charge in [0.05, 0.1) is 0 Å². The van der Waals surface area contributed by atoms with Crippen LogP contribution in [0.5, 0.6) is 0 Å². The minimum atomic E-state index is -0.301. The van der Waals surface area contributed by atoms with Crippen molar-refractivity contribution < 1.29 is 4.43 Å². The largest absolute Gasteiger partial charge is 0.423 e. The van der Waals surface area contributed by atoms with Gasteiger partial charge in [-0.1, -0.05) is 0 Å². The highest BCUT2D eigenvalue weighted by Gasteiger charge is 1.74. The molecule has 0 amide bonds. The maximum absolute atomic E-state index is 5.15. The molecule has 2 N–H and O–H groups in total. The Morgan fingerprint density at radius 3 is 2.67 bits per heavy atom. The van der Waals surface area contributed by atoms with Gasteiger partial charge < -0.3 is 10.2 Å². The lowest BCUT2D eigenvalue weighted by Crippen LogP contribution is -2.11. The van der Waals surface area contributed by atoms with Gasteiger partial charge in [0, 0.05) is 12.8 Å². The Bertz CT molecular complexity index is 22.8. The van der Waals surface area contributed by atoms with Crippen LogP contribution in [0.1, 0.15) is 6.92 Å². The molecule has 0 rings (SSSR count). The molecule has 0 aliphatic heterocycles. The van der Waals surface area contributed by atoms with Crippen molar-refractivity contribution in [2.45, 2.75) is 6.92 Å². The highest BCUT2D eigenvalue weighted by molar-refractivity contribution is 6.27. The van der Waals surface area contributed by atoms with Crippen molar-refractivity contribution in [3.05, 3.63) is 0 Å². The van der Waals surface area contributed by atoms with E-state index < -0.39 is 0 Å². The van der Waals surface area contributed by atoms with Gasteiger partial charge >= 0.3 is 0 Å². The fourth-order valence-electron chi connectivity index (χ4n) is 0.228. The molecule has 0 radical (unpaired) electrons. The van der Waals surface area contributed by atoms with Crippen LogP contribution in [-0.2, 0) is 4.43 Å². The van der Waals surface area contributed by atoms with Gasteiger partial charge in [0.25, 0.3) is 0 Å². The van der Waals surface area contributed by atoms with Crippen LogP contribution in [0.4, 0.5) is 0 Å². The minimum Gasteiger partial charge on any atom is -0.423 e. The number of hydrogen-bond donors (Lipinski definition) is 1. The number of nitrogens with two attached hydrogens (primary N) is 1. The zero-order valence-corrected chi connectivity index (χ0v) is 5.52. The molecule has 3 heteroatoms. The molecular weight excluding hydrogens is 94.1 g/mol. The monoisotopic (exact) mass is 105 g/mol. The Balaban J connectivity index is 2.34. The summed E-state index contributed by atoms with van der Waals surface area (Å²) in [7, 11) is -0.301. The molecule has 2 nitrogen and oxygen atoms in total. The average molecular weight is 105 g/mol. The fourth-order valence-corrected chi connectivity index (χ4v) is 0.683. The van der Waals surface area contributed by atoms with Crippen molar-refractivity contribution in [1.82, 2.24) is 0 Å². The average Bonchev–Trinajstić information content (AvgIpc) is 1.61. The van der Waals surface area contributed by atoms with Crippen molar-refractivity contribution in [3.63, 3.8) is 0 Å². The summed E-state index contributed by atoms with van der Waals surface area (Å²) in [5.74, 6) is 0. The summed E-state index contributed by atoms with van der Waals surface area (Å²) in [6.07, 6.45) is 0.772. The molecule has 0 spiro atoms. The van der Waals surface area contributed by atoms with Crippen LogP contribution in [0.3, 0.4) is 0 Å². The molecule has 0 bridgehead atoms. The first-order valence-corrected chi connectivity index (χ1v) is 3.77. The third-order valence-corrected chi connectivity index (χ3v) is 1.40. The first-order chi connectivity index (χ1) is 2.91. The fraction of sp³-hybridized carbons (Fsp3) is 1.00. The van der Waals surface area contributed by atoms with Crippen LogP contribution in [0.25, 0.3) is 0 Å². The summed E-state index contributed by atoms with van der Waals surface area (Å²) in [6.45, 7) is 2.83. The Morgan fingerprint density at radius 2 is 2.50 bits per heavy atom. The van der Waals surface area contributed by atoms with E-state index in [0.29, 0.717) is 0 Å². The van der Waals surface area contributed by atoms with Gasteiger partial charge in [0.2, 0.25) is 0 Å². The summed E-state index contributed by atoms with van der Waals surface area (Å²) in [5.41, 5.74) is 5.15. The van der Waals surface area contributed by atoms with Crippen molar-refractivity contribution in [1.29, 1.82) is 0 Å². The summed E-state index contributed by atoms with van der Waals surface area (Å²) >= 11 is 0. The summed E-state index contributed by atoms with van der Waals surface area (Å²) < 4.78 is 5.00. The Hall–Kier alpha value is 0.137. The zero-order chi connectivity index (χ0) is 4.83. The molecule has 0 heterocycles. The van der Waals surface area contributed by atoms with E-state index in [2.05, 4.69) is 0 Å². The van der Waals surface area contributed by atoms with Crippen LogP contribution < -0.4 is 5.73 Å². The van der Waals surface area contributed by atoms with E-state index in [1.54, 1.807) is 0 Å². The lowest BCUT2D eigenvalue weighted by molar-refractivity contribution is 0.361. The summed E-state index contributed by atoms with van der Waals surface area (Å²) in [4.78, 5) is 0. The summed E-state index contributed by atoms with van der Waals surface area (Å²) in [6, 6.07) is 0. The molecule has 0 aliphatic carbocycles. The van der Waals surface area contributed by atoms with E-state index in [1.807, 2.05) is 6.92 Å². The molecule has 0 aromatic heterocycles. The standard InChI is InChI=1S/C3H11NOSi/c1-2-5-6-3-4/h2-4,6H2,1H3. The molecule has 0 aromatic rings. The lowest BCUT2D eigenvalue weighted by Gasteiger charge is -1.91. The van der Waals surface area contributed by atoms with E-state index in [9.17, 15) is 0 Å². The maximum Gasteiger partial charge on any atom is 0.174 e. The van der Waals surface area contributed by atoms with Crippen molar-refractivity contribution in [2.75, 3.05) is 12.8 Å². The lowest BCUT2D eigenvalue weighted by atomic mass is 10.9. The van der Waals surface area contributed by atoms with Crippen LogP contribution >= 0.6 is 0 Å². The van der Waals surface area contributed by atoms with E-state index in [-0.39, 0.29) is 9.76 Å². The summed E-state index contributed by atoms with van der Waals surface area (Å²) in [5, 5.41) is 0. The second-order valence-electron chi connectivity index (χ2n) is 0.986. The second-order valence-corrected chi connectivity index (χ2v) is 2.38. The van der Waals surface area contributed by atoms with Gasteiger partial charge in [-0.25, -0.2) is 0 Å². The van der Waals surface area contributed by atoms with Crippen LogP contribution in [0.15, 0.2) is 0 Å². The predicted octanol–water partition coefficient (Wildman–Crippen LogP) is -0.977. The normalized spacial score (nSPS) is 11.0. The molecule has 0 saturated carbocycles. The molecule has 0 saturated heterocycles. The molecule has 0 unspecified atom stereocenters. The van der Waals surface area contributed by atoms with Gasteiger partial charge in [0.15, 0.2) is 9.76 Å². The van der Waals surface area contributed by atoms with Gasteiger partial charge in [-0.3, -0.25) is 0 Å². The van der Waals surface area contributed by atoms with Crippen LogP contribution in [0, 0.1) is 0 Å². The molecule has 38 valence electrons. The first kappa shape index (κ1) is 6.14. The maximum atomic E-state index is 5.15. The van der Waals surface area contributed by atoms with Gasteiger partial charge in [-0.05, 0) is 6.92 Å². The highest BCUT2D eigenvalue weighted by Crippen LogP contribution is 1.61. The van der Waals surface area contributed by atoms with E-state index >= 15 is 0 Å². The topological polar surface area (TPSA) is 35.2 Å². The second kappa shape index (κ2) is 5.14. The number of rotatable bonds is 3. The molecule has 6 heavy (non-hydrogen) atoms. The third-order valence-electron chi connectivity index (χ3n) is 0.466. The highest BCUT2D eigenvalue weighted by atomic mass is 28.2. The first-order valence-electron chi connectivity index (χ1n) is 2.19.